The molecule has 2 heterocycles. The Hall–Kier alpha value is -1.40. The quantitative estimate of drug-likeness (QED) is 0.861. The van der Waals surface area contributed by atoms with Gasteiger partial charge in [-0.25, -0.2) is 0 Å². The molecule has 0 saturated carbocycles. The van der Waals surface area contributed by atoms with E-state index in [1.807, 2.05) is 24.8 Å². The molecule has 6 heteroatoms. The summed E-state index contributed by atoms with van der Waals surface area (Å²) >= 11 is 0. The van der Waals surface area contributed by atoms with E-state index in [2.05, 4.69) is 16.9 Å². The molecule has 2 N–H and O–H groups in total. The molecule has 1 aromatic heterocycles. The number of carbonyl (C=O) groups excluding carboxylic acids is 1. The van der Waals surface area contributed by atoms with Crippen molar-refractivity contribution in [3.63, 3.8) is 0 Å². The summed E-state index contributed by atoms with van der Waals surface area (Å²) in [7, 11) is 0. The Morgan fingerprint density at radius 2 is 2.05 bits per heavy atom. The topological polar surface area (TPSA) is 67.4 Å². The molecule has 2 rings (SSSR count). The van der Waals surface area contributed by atoms with Crippen molar-refractivity contribution < 1.29 is 4.79 Å². The van der Waals surface area contributed by atoms with E-state index in [0.29, 0.717) is 18.2 Å². The van der Waals surface area contributed by atoms with E-state index in [9.17, 15) is 4.79 Å². The van der Waals surface area contributed by atoms with Crippen molar-refractivity contribution in [2.75, 3.05) is 39.3 Å². The van der Waals surface area contributed by atoms with Crippen LogP contribution in [0.5, 0.6) is 0 Å². The van der Waals surface area contributed by atoms with Gasteiger partial charge < -0.3 is 10.6 Å². The van der Waals surface area contributed by atoms with Gasteiger partial charge in [0.1, 0.15) is 5.69 Å². The van der Waals surface area contributed by atoms with Gasteiger partial charge in [0.05, 0.1) is 5.69 Å². The van der Waals surface area contributed by atoms with Gasteiger partial charge in [-0.3, -0.25) is 14.4 Å². The molecule has 21 heavy (non-hydrogen) atoms. The third-order valence-corrected chi connectivity index (χ3v) is 4.05. The lowest BCUT2D eigenvalue weighted by Gasteiger charge is -2.35. The number of rotatable bonds is 5. The smallest absolute Gasteiger partial charge is 0.272 e. The first-order valence-electron chi connectivity index (χ1n) is 7.81. The highest BCUT2D eigenvalue weighted by molar-refractivity contribution is 5.92. The van der Waals surface area contributed by atoms with Crippen molar-refractivity contribution in [3.8, 4) is 0 Å². The van der Waals surface area contributed by atoms with Gasteiger partial charge in [0.15, 0.2) is 0 Å². The molecule has 1 aliphatic heterocycles. The van der Waals surface area contributed by atoms with E-state index in [1.165, 1.54) is 0 Å². The van der Waals surface area contributed by atoms with Crippen molar-refractivity contribution in [3.05, 3.63) is 17.5 Å². The zero-order valence-electron chi connectivity index (χ0n) is 13.4. The van der Waals surface area contributed by atoms with E-state index < -0.39 is 0 Å². The fourth-order valence-corrected chi connectivity index (χ4v) is 2.77. The number of piperazine rings is 1. The Kier molecular flexibility index (Phi) is 5.36. The molecule has 0 aromatic carbocycles. The Morgan fingerprint density at radius 3 is 2.62 bits per heavy atom. The van der Waals surface area contributed by atoms with Gasteiger partial charge in [-0.1, -0.05) is 6.92 Å². The van der Waals surface area contributed by atoms with Crippen molar-refractivity contribution in [2.24, 2.45) is 11.7 Å². The van der Waals surface area contributed by atoms with Crippen molar-refractivity contribution in [2.45, 2.75) is 27.3 Å². The van der Waals surface area contributed by atoms with E-state index >= 15 is 0 Å². The molecule has 1 atom stereocenters. The minimum atomic E-state index is 0.101. The first kappa shape index (κ1) is 16.0. The van der Waals surface area contributed by atoms with E-state index in [-0.39, 0.29) is 5.91 Å². The average molecular weight is 293 g/mol. The minimum absolute atomic E-state index is 0.101. The predicted octanol–water partition coefficient (Wildman–Crippen LogP) is 0.564. The number of hydrogen-bond donors (Lipinski definition) is 1. The van der Waals surface area contributed by atoms with Crippen LogP contribution < -0.4 is 5.73 Å². The standard InChI is InChI=1S/C15H27N5O/c1-4-20-14(9-13(3)17-20)15(21)19-7-5-18(6-8-19)11-12(2)10-16/h9,12H,4-8,10-11,16H2,1-3H3. The van der Waals surface area contributed by atoms with Gasteiger partial charge in [-0.15, -0.1) is 0 Å². The van der Waals surface area contributed by atoms with Crippen LogP contribution in [-0.4, -0.2) is 64.8 Å². The SMILES string of the molecule is CCn1nc(C)cc1C(=O)N1CCN(CC(C)CN)CC1. The van der Waals surface area contributed by atoms with Crippen LogP contribution in [0.3, 0.4) is 0 Å². The third-order valence-electron chi connectivity index (χ3n) is 4.05. The Balaban J connectivity index is 1.94. The summed E-state index contributed by atoms with van der Waals surface area (Å²) in [4.78, 5) is 16.9. The molecule has 1 aromatic rings. The predicted molar refractivity (Wildman–Crippen MR) is 83.2 cm³/mol. The maximum atomic E-state index is 12.6. The van der Waals surface area contributed by atoms with Crippen LogP contribution in [0.2, 0.25) is 0 Å². The van der Waals surface area contributed by atoms with Crippen molar-refractivity contribution in [1.82, 2.24) is 19.6 Å². The Morgan fingerprint density at radius 1 is 1.38 bits per heavy atom. The highest BCUT2D eigenvalue weighted by atomic mass is 16.2. The molecule has 0 spiro atoms. The number of carbonyl (C=O) groups is 1. The van der Waals surface area contributed by atoms with Crippen LogP contribution in [0, 0.1) is 12.8 Å². The van der Waals surface area contributed by atoms with Crippen LogP contribution >= 0.6 is 0 Å². The molecule has 1 amide bonds. The summed E-state index contributed by atoms with van der Waals surface area (Å²) in [6, 6.07) is 1.88. The molecular formula is C15H27N5O. The second-order valence-corrected chi connectivity index (χ2v) is 5.92. The molecule has 6 nitrogen and oxygen atoms in total. The summed E-state index contributed by atoms with van der Waals surface area (Å²) in [6.07, 6.45) is 0. The monoisotopic (exact) mass is 293 g/mol. The van der Waals surface area contributed by atoms with E-state index in [0.717, 1.165) is 45.0 Å². The summed E-state index contributed by atoms with van der Waals surface area (Å²) in [5, 5.41) is 4.36. The zero-order chi connectivity index (χ0) is 15.4. The number of aromatic nitrogens is 2. The molecule has 0 aliphatic carbocycles. The molecule has 118 valence electrons. The Labute approximate surface area is 126 Å². The van der Waals surface area contributed by atoms with Crippen LogP contribution in [0.1, 0.15) is 30.0 Å². The second-order valence-electron chi connectivity index (χ2n) is 5.92. The first-order valence-corrected chi connectivity index (χ1v) is 7.81. The van der Waals surface area contributed by atoms with Gasteiger partial charge in [0, 0.05) is 39.3 Å². The van der Waals surface area contributed by atoms with Crippen LogP contribution in [-0.2, 0) is 6.54 Å². The molecule has 0 bridgehead atoms. The largest absolute Gasteiger partial charge is 0.335 e. The third kappa shape index (κ3) is 3.83. The lowest BCUT2D eigenvalue weighted by Crippen LogP contribution is -2.50. The average Bonchev–Trinajstić information content (AvgIpc) is 2.88. The summed E-state index contributed by atoms with van der Waals surface area (Å²) in [5.41, 5.74) is 7.28. The number of hydrogen-bond acceptors (Lipinski definition) is 4. The minimum Gasteiger partial charge on any atom is -0.335 e. The lowest BCUT2D eigenvalue weighted by molar-refractivity contribution is 0.0610. The van der Waals surface area contributed by atoms with E-state index in [1.54, 1.807) is 4.68 Å². The van der Waals surface area contributed by atoms with Crippen molar-refractivity contribution in [1.29, 1.82) is 0 Å². The maximum Gasteiger partial charge on any atom is 0.272 e. The molecule has 0 radical (unpaired) electrons. The maximum absolute atomic E-state index is 12.6. The summed E-state index contributed by atoms with van der Waals surface area (Å²) in [5.74, 6) is 0.611. The lowest BCUT2D eigenvalue weighted by atomic mass is 10.1. The van der Waals surface area contributed by atoms with Crippen LogP contribution in [0.15, 0.2) is 6.07 Å². The summed E-state index contributed by atoms with van der Waals surface area (Å²) in [6.45, 7) is 12.0. The normalized spacial score (nSPS) is 18.0. The molecule has 1 aliphatic rings. The molecule has 1 fully saturated rings. The fourth-order valence-electron chi connectivity index (χ4n) is 2.77. The van der Waals surface area contributed by atoms with Gasteiger partial charge in [-0.2, -0.15) is 5.10 Å². The molecule has 1 unspecified atom stereocenters. The highest BCUT2D eigenvalue weighted by Gasteiger charge is 2.25. The van der Waals surface area contributed by atoms with E-state index in [4.69, 9.17) is 5.73 Å². The number of aryl methyl sites for hydroxylation is 2. The zero-order valence-corrected chi connectivity index (χ0v) is 13.4. The van der Waals surface area contributed by atoms with Gasteiger partial charge >= 0.3 is 0 Å². The van der Waals surface area contributed by atoms with Gasteiger partial charge in [-0.05, 0) is 32.4 Å². The van der Waals surface area contributed by atoms with Crippen LogP contribution in [0.4, 0.5) is 0 Å². The summed E-state index contributed by atoms with van der Waals surface area (Å²) < 4.78 is 1.79. The molecular weight excluding hydrogens is 266 g/mol. The molecule has 1 saturated heterocycles. The fraction of sp³-hybridized carbons (Fsp3) is 0.733. The van der Waals surface area contributed by atoms with Crippen LogP contribution in [0.25, 0.3) is 0 Å². The highest BCUT2D eigenvalue weighted by Crippen LogP contribution is 2.11. The van der Waals surface area contributed by atoms with Gasteiger partial charge in [0.2, 0.25) is 0 Å². The van der Waals surface area contributed by atoms with Crippen molar-refractivity contribution >= 4 is 5.91 Å². The van der Waals surface area contributed by atoms with Gasteiger partial charge in [0.25, 0.3) is 5.91 Å². The second kappa shape index (κ2) is 7.04. The number of nitrogens with zero attached hydrogens (tertiary/aromatic N) is 4. The number of amides is 1. The Bertz CT molecular complexity index is 476. The number of nitrogens with two attached hydrogens (primary N) is 1. The first-order chi connectivity index (χ1) is 10.0.